The third-order valence-corrected chi connectivity index (χ3v) is 3.71. The minimum Gasteiger partial charge on any atom is -0.338 e. The van der Waals surface area contributed by atoms with Crippen LogP contribution in [-0.2, 0) is 11.3 Å². The number of carbonyl (C=O) groups excluding carboxylic acids is 1. The standard InChI is InChI=1S/C16H23FN2O/c1-12(9-18-2)16(20)19(10-13-3-4-13)11-14-5-7-15(17)8-6-14/h5-8,12-13,18H,3-4,9-11H2,1-2H3. The normalized spacial score (nSPS) is 15.9. The van der Waals surface area contributed by atoms with Crippen molar-refractivity contribution in [3.63, 3.8) is 0 Å². The summed E-state index contributed by atoms with van der Waals surface area (Å²) in [6.45, 7) is 4.03. The van der Waals surface area contributed by atoms with Crippen molar-refractivity contribution in [1.82, 2.24) is 10.2 Å². The van der Waals surface area contributed by atoms with Crippen molar-refractivity contribution in [2.24, 2.45) is 11.8 Å². The lowest BCUT2D eigenvalue weighted by atomic mass is 10.1. The molecule has 1 unspecified atom stereocenters. The van der Waals surface area contributed by atoms with E-state index in [1.54, 1.807) is 12.1 Å². The van der Waals surface area contributed by atoms with Crippen LogP contribution in [0.3, 0.4) is 0 Å². The fourth-order valence-electron chi connectivity index (χ4n) is 2.36. The average molecular weight is 278 g/mol. The molecule has 1 aromatic carbocycles. The van der Waals surface area contributed by atoms with Gasteiger partial charge < -0.3 is 10.2 Å². The first kappa shape index (κ1) is 15.0. The van der Waals surface area contributed by atoms with Crippen LogP contribution in [0.2, 0.25) is 0 Å². The van der Waals surface area contributed by atoms with Gasteiger partial charge in [-0.3, -0.25) is 4.79 Å². The topological polar surface area (TPSA) is 32.3 Å². The van der Waals surface area contributed by atoms with E-state index in [2.05, 4.69) is 5.32 Å². The highest BCUT2D eigenvalue weighted by atomic mass is 19.1. The summed E-state index contributed by atoms with van der Waals surface area (Å²) in [5, 5.41) is 3.05. The Labute approximate surface area is 120 Å². The molecule has 0 aromatic heterocycles. The van der Waals surface area contributed by atoms with Crippen molar-refractivity contribution in [2.75, 3.05) is 20.1 Å². The molecule has 0 heterocycles. The zero-order valence-corrected chi connectivity index (χ0v) is 12.2. The van der Waals surface area contributed by atoms with Crippen LogP contribution in [0.4, 0.5) is 4.39 Å². The molecule has 1 aliphatic rings. The van der Waals surface area contributed by atoms with Crippen LogP contribution >= 0.6 is 0 Å². The Morgan fingerprint density at radius 2 is 2.05 bits per heavy atom. The Morgan fingerprint density at radius 3 is 2.60 bits per heavy atom. The average Bonchev–Trinajstić information content (AvgIpc) is 3.24. The molecule has 0 spiro atoms. The third kappa shape index (κ3) is 4.30. The van der Waals surface area contributed by atoms with Crippen LogP contribution in [0.25, 0.3) is 0 Å². The fourth-order valence-corrected chi connectivity index (χ4v) is 2.36. The molecule has 2 rings (SSSR count). The van der Waals surface area contributed by atoms with E-state index in [9.17, 15) is 9.18 Å². The molecule has 4 heteroatoms. The van der Waals surface area contributed by atoms with Crippen LogP contribution in [0, 0.1) is 17.7 Å². The largest absolute Gasteiger partial charge is 0.338 e. The van der Waals surface area contributed by atoms with E-state index in [1.807, 2.05) is 18.9 Å². The predicted molar refractivity (Wildman–Crippen MR) is 77.6 cm³/mol. The van der Waals surface area contributed by atoms with Gasteiger partial charge in [0.2, 0.25) is 5.91 Å². The number of carbonyl (C=O) groups is 1. The van der Waals surface area contributed by atoms with Crippen molar-refractivity contribution in [3.05, 3.63) is 35.6 Å². The monoisotopic (exact) mass is 278 g/mol. The lowest BCUT2D eigenvalue weighted by Gasteiger charge is -2.26. The number of rotatable bonds is 7. The Morgan fingerprint density at radius 1 is 1.40 bits per heavy atom. The highest BCUT2D eigenvalue weighted by molar-refractivity contribution is 5.78. The second-order valence-corrected chi connectivity index (χ2v) is 5.75. The summed E-state index contributed by atoms with van der Waals surface area (Å²) in [5.41, 5.74) is 0.983. The van der Waals surface area contributed by atoms with Gasteiger partial charge >= 0.3 is 0 Å². The minimum absolute atomic E-state index is 0.0285. The van der Waals surface area contributed by atoms with E-state index in [-0.39, 0.29) is 17.6 Å². The molecule has 1 aromatic rings. The summed E-state index contributed by atoms with van der Waals surface area (Å²) in [5.74, 6) is 0.563. The molecular weight excluding hydrogens is 255 g/mol. The maximum absolute atomic E-state index is 12.9. The Bertz CT molecular complexity index is 442. The first-order chi connectivity index (χ1) is 9.60. The van der Waals surface area contributed by atoms with E-state index in [4.69, 9.17) is 0 Å². The quantitative estimate of drug-likeness (QED) is 0.831. The molecule has 0 aliphatic heterocycles. The van der Waals surface area contributed by atoms with E-state index < -0.39 is 0 Å². The molecule has 1 amide bonds. The Kier molecular flexibility index (Phi) is 5.12. The maximum Gasteiger partial charge on any atom is 0.226 e. The van der Waals surface area contributed by atoms with Crippen molar-refractivity contribution >= 4 is 5.91 Å². The third-order valence-electron chi connectivity index (χ3n) is 3.71. The molecule has 0 radical (unpaired) electrons. The zero-order chi connectivity index (χ0) is 14.5. The molecule has 0 bridgehead atoms. The van der Waals surface area contributed by atoms with Crippen molar-refractivity contribution in [2.45, 2.75) is 26.3 Å². The smallest absolute Gasteiger partial charge is 0.226 e. The van der Waals surface area contributed by atoms with E-state index in [1.165, 1.54) is 25.0 Å². The van der Waals surface area contributed by atoms with E-state index >= 15 is 0 Å². The van der Waals surface area contributed by atoms with Gasteiger partial charge in [0.25, 0.3) is 0 Å². The van der Waals surface area contributed by atoms with Gasteiger partial charge in [0.15, 0.2) is 0 Å². The summed E-state index contributed by atoms with van der Waals surface area (Å²) in [7, 11) is 1.86. The Hall–Kier alpha value is -1.42. The molecule has 3 nitrogen and oxygen atoms in total. The first-order valence-electron chi connectivity index (χ1n) is 7.28. The van der Waals surface area contributed by atoms with Crippen LogP contribution in [0.5, 0.6) is 0 Å². The molecule has 1 saturated carbocycles. The number of benzene rings is 1. The highest BCUT2D eigenvalue weighted by Crippen LogP contribution is 2.30. The molecule has 1 N–H and O–H groups in total. The molecule has 1 aliphatic carbocycles. The van der Waals surface area contributed by atoms with Crippen molar-refractivity contribution in [3.8, 4) is 0 Å². The summed E-state index contributed by atoms with van der Waals surface area (Å²) >= 11 is 0. The van der Waals surface area contributed by atoms with Gasteiger partial charge in [0, 0.05) is 25.6 Å². The lowest BCUT2D eigenvalue weighted by Crippen LogP contribution is -2.39. The zero-order valence-electron chi connectivity index (χ0n) is 12.2. The lowest BCUT2D eigenvalue weighted by molar-refractivity contribution is -0.135. The minimum atomic E-state index is -0.239. The fraction of sp³-hybridized carbons (Fsp3) is 0.562. The van der Waals surface area contributed by atoms with Gasteiger partial charge in [0.1, 0.15) is 5.82 Å². The molecular formula is C16H23FN2O. The number of halogens is 1. The maximum atomic E-state index is 12.9. The summed E-state index contributed by atoms with van der Waals surface area (Å²) in [6.07, 6.45) is 2.43. The van der Waals surface area contributed by atoms with Crippen molar-refractivity contribution in [1.29, 1.82) is 0 Å². The van der Waals surface area contributed by atoms with Gasteiger partial charge in [-0.1, -0.05) is 19.1 Å². The number of nitrogens with zero attached hydrogens (tertiary/aromatic N) is 1. The molecule has 0 saturated heterocycles. The number of amides is 1. The van der Waals surface area contributed by atoms with Gasteiger partial charge in [-0.25, -0.2) is 4.39 Å². The van der Waals surface area contributed by atoms with Crippen LogP contribution < -0.4 is 5.32 Å². The van der Waals surface area contributed by atoms with Crippen LogP contribution in [0.15, 0.2) is 24.3 Å². The van der Waals surface area contributed by atoms with Gasteiger partial charge in [-0.15, -0.1) is 0 Å². The second-order valence-electron chi connectivity index (χ2n) is 5.75. The number of nitrogens with one attached hydrogen (secondary N) is 1. The van der Waals surface area contributed by atoms with Gasteiger partial charge in [0.05, 0.1) is 0 Å². The van der Waals surface area contributed by atoms with Crippen LogP contribution in [0.1, 0.15) is 25.3 Å². The first-order valence-corrected chi connectivity index (χ1v) is 7.28. The van der Waals surface area contributed by atoms with Gasteiger partial charge in [-0.05, 0) is 43.5 Å². The molecule has 1 fully saturated rings. The SMILES string of the molecule is CNCC(C)C(=O)N(Cc1ccc(F)cc1)CC1CC1. The Balaban J connectivity index is 2.02. The van der Waals surface area contributed by atoms with E-state index in [0.717, 1.165) is 12.1 Å². The molecule has 1 atom stereocenters. The van der Waals surface area contributed by atoms with E-state index in [0.29, 0.717) is 19.0 Å². The van der Waals surface area contributed by atoms with Gasteiger partial charge in [-0.2, -0.15) is 0 Å². The van der Waals surface area contributed by atoms with Crippen molar-refractivity contribution < 1.29 is 9.18 Å². The summed E-state index contributed by atoms with van der Waals surface area (Å²) < 4.78 is 12.9. The predicted octanol–water partition coefficient (Wildman–Crippen LogP) is 2.42. The second kappa shape index (κ2) is 6.84. The highest BCUT2D eigenvalue weighted by Gasteiger charge is 2.28. The van der Waals surface area contributed by atoms with Crippen LogP contribution in [-0.4, -0.2) is 30.9 Å². The summed E-state index contributed by atoms with van der Waals surface area (Å²) in [4.78, 5) is 14.4. The number of hydrogen-bond acceptors (Lipinski definition) is 2. The number of hydrogen-bond donors (Lipinski definition) is 1. The summed E-state index contributed by atoms with van der Waals surface area (Å²) in [6, 6.07) is 6.41. The molecule has 20 heavy (non-hydrogen) atoms. The molecule has 110 valence electrons.